The molecule has 37 heavy (non-hydrogen) atoms. The largest absolute Gasteiger partial charge is 0.481 e. The number of hydrogen-bond donors (Lipinski definition) is 0. The summed E-state index contributed by atoms with van der Waals surface area (Å²) in [5, 5.41) is 8.03. The molecule has 0 saturated heterocycles. The molecule has 0 bridgehead atoms. The van der Waals surface area contributed by atoms with Gasteiger partial charge in [0.05, 0.1) is 36.7 Å². The lowest BCUT2D eigenvalue weighted by molar-refractivity contribution is -0.148. The van der Waals surface area contributed by atoms with Crippen molar-refractivity contribution in [1.29, 1.82) is 0 Å². The Morgan fingerprint density at radius 2 is 1.86 bits per heavy atom. The van der Waals surface area contributed by atoms with E-state index in [1.54, 1.807) is 37.5 Å². The van der Waals surface area contributed by atoms with Crippen molar-refractivity contribution in [2.75, 3.05) is 7.11 Å². The molecule has 4 aromatic rings. The maximum Gasteiger partial charge on any atom is 0.312 e. The van der Waals surface area contributed by atoms with Crippen LogP contribution in [0.3, 0.4) is 0 Å². The number of ketones is 1. The van der Waals surface area contributed by atoms with Gasteiger partial charge in [0.25, 0.3) is 0 Å². The van der Waals surface area contributed by atoms with E-state index in [9.17, 15) is 18.4 Å². The first-order chi connectivity index (χ1) is 17.7. The fourth-order valence-corrected chi connectivity index (χ4v) is 3.59. The van der Waals surface area contributed by atoms with Gasteiger partial charge in [-0.3, -0.25) is 19.3 Å². The fraction of sp³-hybridized carbons (Fsp3) is 0.240. The summed E-state index contributed by atoms with van der Waals surface area (Å²) in [5.74, 6) is -2.11. The third-order valence-electron chi connectivity index (χ3n) is 5.53. The predicted molar refractivity (Wildman–Crippen MR) is 125 cm³/mol. The van der Waals surface area contributed by atoms with Crippen LogP contribution < -0.4 is 4.74 Å². The second-order valence-electron chi connectivity index (χ2n) is 8.09. The third-order valence-corrected chi connectivity index (χ3v) is 5.53. The van der Waals surface area contributed by atoms with Crippen molar-refractivity contribution >= 4 is 11.8 Å². The van der Waals surface area contributed by atoms with Crippen molar-refractivity contribution in [3.05, 3.63) is 83.1 Å². The zero-order valence-electron chi connectivity index (χ0n) is 20.2. The Kier molecular flexibility index (Phi) is 7.56. The molecule has 1 atom stereocenters. The molecular weight excluding hydrogens is 486 g/mol. The molecule has 0 aromatic carbocycles. The summed E-state index contributed by atoms with van der Waals surface area (Å²) in [4.78, 5) is 36.9. The van der Waals surface area contributed by atoms with Crippen molar-refractivity contribution in [3.8, 4) is 17.3 Å². The van der Waals surface area contributed by atoms with E-state index in [0.717, 1.165) is 17.8 Å². The Bertz CT molecular complexity index is 1440. The number of aromatic nitrogens is 6. The average Bonchev–Trinajstić information content (AvgIpc) is 3.25. The van der Waals surface area contributed by atoms with Crippen LogP contribution in [0.1, 0.15) is 40.2 Å². The Balaban J connectivity index is 1.46. The molecule has 4 heterocycles. The zero-order chi connectivity index (χ0) is 26.5. The molecule has 0 unspecified atom stereocenters. The number of halogens is 2. The smallest absolute Gasteiger partial charge is 0.312 e. The number of rotatable bonds is 9. The summed E-state index contributed by atoms with van der Waals surface area (Å²) in [7, 11) is 3.10. The highest BCUT2D eigenvalue weighted by atomic mass is 19.1. The number of ether oxygens (including phenoxy) is 2. The topological polar surface area (TPSA) is 122 Å². The third kappa shape index (κ3) is 5.97. The molecule has 4 aromatic heterocycles. The Labute approximate surface area is 210 Å². The number of pyridine rings is 3. The molecule has 0 N–H and O–H groups in total. The van der Waals surface area contributed by atoms with Crippen LogP contribution in [-0.2, 0) is 29.4 Å². The van der Waals surface area contributed by atoms with Crippen LogP contribution in [-0.4, -0.2) is 48.8 Å². The van der Waals surface area contributed by atoms with Crippen LogP contribution in [0, 0.1) is 11.8 Å². The van der Waals surface area contributed by atoms with Gasteiger partial charge in [0.15, 0.2) is 5.78 Å². The molecule has 190 valence electrons. The van der Waals surface area contributed by atoms with Crippen LogP contribution in [0.2, 0.25) is 0 Å². The molecule has 0 saturated carbocycles. The molecule has 0 amide bonds. The Morgan fingerprint density at radius 3 is 2.59 bits per heavy atom. The van der Waals surface area contributed by atoms with Gasteiger partial charge >= 0.3 is 5.97 Å². The van der Waals surface area contributed by atoms with E-state index in [-0.39, 0.29) is 24.2 Å². The Morgan fingerprint density at radius 1 is 1.05 bits per heavy atom. The van der Waals surface area contributed by atoms with Gasteiger partial charge in [0.1, 0.15) is 17.6 Å². The summed E-state index contributed by atoms with van der Waals surface area (Å²) in [5.41, 5.74) is 2.08. The van der Waals surface area contributed by atoms with Crippen molar-refractivity contribution in [2.24, 2.45) is 7.05 Å². The molecular formula is C25H22F2N6O4. The van der Waals surface area contributed by atoms with Gasteiger partial charge in [-0.05, 0) is 36.8 Å². The summed E-state index contributed by atoms with van der Waals surface area (Å²) in [6.45, 7) is 1.42. The molecule has 10 nitrogen and oxygen atoms in total. The molecule has 0 fully saturated rings. The number of nitrogens with zero attached hydrogens (tertiary/aromatic N) is 6. The van der Waals surface area contributed by atoms with Crippen LogP contribution in [0.5, 0.6) is 5.88 Å². The van der Waals surface area contributed by atoms with Crippen LogP contribution in [0.15, 0.2) is 48.9 Å². The van der Waals surface area contributed by atoms with Crippen LogP contribution >= 0.6 is 0 Å². The van der Waals surface area contributed by atoms with Gasteiger partial charge in [-0.15, -0.1) is 5.10 Å². The van der Waals surface area contributed by atoms with Crippen LogP contribution in [0.25, 0.3) is 11.4 Å². The van der Waals surface area contributed by atoms with Crippen LogP contribution in [0.4, 0.5) is 8.78 Å². The number of hydrogen-bond acceptors (Lipinski definition) is 9. The van der Waals surface area contributed by atoms with Crippen molar-refractivity contribution in [1.82, 2.24) is 29.9 Å². The monoisotopic (exact) mass is 508 g/mol. The number of esters is 1. The summed E-state index contributed by atoms with van der Waals surface area (Å²) in [6, 6.07) is 7.56. The first kappa shape index (κ1) is 25.5. The van der Waals surface area contributed by atoms with Gasteiger partial charge in [0, 0.05) is 37.5 Å². The number of Topliss-reactive ketones (excluding diaryl/α,β-unsaturated/α-hetero) is 1. The maximum atomic E-state index is 13.9. The molecule has 0 aliphatic carbocycles. The fourth-order valence-electron chi connectivity index (χ4n) is 3.59. The maximum absolute atomic E-state index is 13.9. The summed E-state index contributed by atoms with van der Waals surface area (Å²) < 4.78 is 39.1. The molecule has 0 radical (unpaired) electrons. The molecule has 4 rings (SSSR count). The van der Waals surface area contributed by atoms with Gasteiger partial charge in [-0.25, -0.2) is 14.4 Å². The zero-order valence-corrected chi connectivity index (χ0v) is 20.2. The van der Waals surface area contributed by atoms with E-state index in [1.807, 2.05) is 0 Å². The SMILES string of the molecule is COc1cc(CC(=O)c2ccc(-c3nnn(C)c3CC(=O)O[C@H](C)c3cc(F)cnc3F)nc2)ccn1. The van der Waals surface area contributed by atoms with Gasteiger partial charge < -0.3 is 9.47 Å². The lowest BCUT2D eigenvalue weighted by atomic mass is 10.0. The number of methoxy groups -OCH3 is 1. The van der Waals surface area contributed by atoms with Crippen molar-refractivity contribution in [2.45, 2.75) is 25.9 Å². The number of carbonyl (C=O) groups is 2. The number of carbonyl (C=O) groups excluding carboxylic acids is 2. The molecule has 0 aliphatic rings. The van der Waals surface area contributed by atoms with E-state index in [4.69, 9.17) is 9.47 Å². The first-order valence-corrected chi connectivity index (χ1v) is 11.1. The second-order valence-corrected chi connectivity index (χ2v) is 8.09. The molecule has 0 spiro atoms. The minimum Gasteiger partial charge on any atom is -0.481 e. The molecule has 12 heteroatoms. The second kappa shape index (κ2) is 11.0. The standard InChI is InChI=1S/C25H22F2N6O4/c1-14(18-10-17(26)13-30-25(18)27)37-23(35)11-20-24(31-32-33(20)2)19-5-4-16(12-29-19)21(34)8-15-6-7-28-22(9-15)36-3/h4-7,9-10,12-14H,8,11H2,1-3H3/t14-/m1/s1. The normalized spacial score (nSPS) is 11.7. The highest BCUT2D eigenvalue weighted by Gasteiger charge is 2.22. The average molecular weight is 508 g/mol. The lowest BCUT2D eigenvalue weighted by Gasteiger charge is -2.14. The minimum absolute atomic E-state index is 0.141. The van der Waals surface area contributed by atoms with E-state index in [2.05, 4.69) is 25.3 Å². The quantitative estimate of drug-likeness (QED) is 0.190. The first-order valence-electron chi connectivity index (χ1n) is 11.1. The van der Waals surface area contributed by atoms with E-state index in [1.165, 1.54) is 24.9 Å². The van der Waals surface area contributed by atoms with Gasteiger partial charge in [-0.1, -0.05) is 5.21 Å². The van der Waals surface area contributed by atoms with E-state index in [0.29, 0.717) is 28.5 Å². The van der Waals surface area contributed by atoms with E-state index >= 15 is 0 Å². The predicted octanol–water partition coefficient (Wildman–Crippen LogP) is 3.23. The lowest BCUT2D eigenvalue weighted by Crippen LogP contribution is -2.15. The minimum atomic E-state index is -1.07. The number of aryl methyl sites for hydroxylation is 1. The highest BCUT2D eigenvalue weighted by molar-refractivity contribution is 5.97. The summed E-state index contributed by atoms with van der Waals surface area (Å²) in [6.07, 6.45) is 2.55. The van der Waals surface area contributed by atoms with Gasteiger partial charge in [-0.2, -0.15) is 4.39 Å². The molecule has 0 aliphatic heterocycles. The van der Waals surface area contributed by atoms with E-state index < -0.39 is 23.8 Å². The summed E-state index contributed by atoms with van der Waals surface area (Å²) >= 11 is 0. The highest BCUT2D eigenvalue weighted by Crippen LogP contribution is 2.23. The van der Waals surface area contributed by atoms with Gasteiger partial charge in [0.2, 0.25) is 11.8 Å². The Hall–Kier alpha value is -4.61. The van der Waals surface area contributed by atoms with Crippen molar-refractivity contribution in [3.63, 3.8) is 0 Å². The van der Waals surface area contributed by atoms with Crippen molar-refractivity contribution < 1.29 is 27.8 Å².